The Balaban J connectivity index is 1.82. The first-order valence-corrected chi connectivity index (χ1v) is 10.0. The third-order valence-corrected chi connectivity index (χ3v) is 5.88. The Bertz CT molecular complexity index is 749. The first kappa shape index (κ1) is 16.7. The number of thioether (sulfide) groups is 1. The summed E-state index contributed by atoms with van der Waals surface area (Å²) in [6.07, 6.45) is 4.64. The molecular formula is C21H25N3S. The molecule has 2 aromatic carbocycles. The summed E-state index contributed by atoms with van der Waals surface area (Å²) < 4.78 is 0. The quantitative estimate of drug-likeness (QED) is 0.879. The Labute approximate surface area is 154 Å². The lowest BCUT2D eigenvalue weighted by molar-refractivity contribution is 0.506. The lowest BCUT2D eigenvalue weighted by Crippen LogP contribution is -2.43. The number of hydrogen-bond donors (Lipinski definition) is 2. The van der Waals surface area contributed by atoms with Gasteiger partial charge in [0, 0.05) is 42.0 Å². The second kappa shape index (κ2) is 7.65. The lowest BCUT2D eigenvalue weighted by atomic mass is 9.96. The van der Waals surface area contributed by atoms with Crippen molar-refractivity contribution in [2.45, 2.75) is 18.9 Å². The third-order valence-electron chi connectivity index (χ3n) is 4.90. The molecule has 2 fully saturated rings. The lowest BCUT2D eigenvalue weighted by Gasteiger charge is -2.35. The highest BCUT2D eigenvalue weighted by Gasteiger charge is 2.22. The third kappa shape index (κ3) is 3.76. The molecule has 0 aliphatic carbocycles. The molecule has 2 aliphatic rings. The van der Waals surface area contributed by atoms with E-state index >= 15 is 0 Å². The number of nitrogens with one attached hydrogen (secondary N) is 1. The van der Waals surface area contributed by atoms with E-state index < -0.39 is 0 Å². The molecule has 2 aromatic rings. The van der Waals surface area contributed by atoms with Gasteiger partial charge in [0.15, 0.2) is 0 Å². The number of para-hydroxylation sites is 1. The summed E-state index contributed by atoms with van der Waals surface area (Å²) in [5, 5.41) is 3.41. The largest absolute Gasteiger partial charge is 0.369 e. The van der Waals surface area contributed by atoms with Crippen molar-refractivity contribution in [3.8, 4) is 11.1 Å². The number of nitrogens with zero attached hydrogens (tertiary/aromatic N) is 1. The standard InChI is InChI=1S/C21H25N3S/c22-18-9-5-11-24(14-18)21-17(12-19-13-23-15-25-19)8-4-10-20(21)16-6-2-1-3-7-16/h1-4,6-8,10,12,18,23H,5,9,11,13-15,22H2/b19-12+/t18-/m1/s1. The van der Waals surface area contributed by atoms with Crippen LogP contribution in [-0.2, 0) is 0 Å². The highest BCUT2D eigenvalue weighted by molar-refractivity contribution is 8.03. The fourth-order valence-electron chi connectivity index (χ4n) is 3.73. The average molecular weight is 352 g/mol. The van der Waals surface area contributed by atoms with E-state index in [9.17, 15) is 0 Å². The first-order chi connectivity index (χ1) is 12.3. The van der Waals surface area contributed by atoms with Crippen LogP contribution in [0.4, 0.5) is 5.69 Å². The van der Waals surface area contributed by atoms with E-state index in [-0.39, 0.29) is 6.04 Å². The normalized spacial score (nSPS) is 22.5. The second-order valence-corrected chi connectivity index (χ2v) is 7.89. The van der Waals surface area contributed by atoms with Crippen LogP contribution < -0.4 is 16.0 Å². The Hall–Kier alpha value is -1.75. The van der Waals surface area contributed by atoms with Gasteiger partial charge in [-0.15, -0.1) is 11.8 Å². The molecule has 0 unspecified atom stereocenters. The smallest absolute Gasteiger partial charge is 0.0520 e. The van der Waals surface area contributed by atoms with E-state index in [0.717, 1.165) is 38.4 Å². The van der Waals surface area contributed by atoms with Gasteiger partial charge in [-0.25, -0.2) is 0 Å². The number of nitrogens with two attached hydrogens (primary N) is 1. The average Bonchev–Trinajstić information content (AvgIpc) is 3.15. The summed E-state index contributed by atoms with van der Waals surface area (Å²) >= 11 is 1.90. The van der Waals surface area contributed by atoms with Gasteiger partial charge in [-0.3, -0.25) is 0 Å². The summed E-state index contributed by atoms with van der Waals surface area (Å²) in [6.45, 7) is 2.99. The summed E-state index contributed by atoms with van der Waals surface area (Å²) in [4.78, 5) is 3.91. The highest BCUT2D eigenvalue weighted by Crippen LogP contribution is 2.37. The molecule has 2 aliphatic heterocycles. The zero-order valence-electron chi connectivity index (χ0n) is 14.4. The van der Waals surface area contributed by atoms with Crippen LogP contribution in [0.2, 0.25) is 0 Å². The zero-order valence-corrected chi connectivity index (χ0v) is 15.3. The van der Waals surface area contributed by atoms with Crippen molar-refractivity contribution in [1.82, 2.24) is 5.32 Å². The number of rotatable bonds is 3. The van der Waals surface area contributed by atoms with Crippen LogP contribution in [0.3, 0.4) is 0 Å². The number of piperidine rings is 1. The van der Waals surface area contributed by atoms with Crippen molar-refractivity contribution >= 4 is 23.5 Å². The van der Waals surface area contributed by atoms with Crippen LogP contribution in [0.1, 0.15) is 18.4 Å². The van der Waals surface area contributed by atoms with E-state index in [1.807, 2.05) is 11.8 Å². The van der Waals surface area contributed by atoms with Gasteiger partial charge in [0.2, 0.25) is 0 Å². The molecule has 0 amide bonds. The molecule has 3 N–H and O–H groups in total. The van der Waals surface area contributed by atoms with Crippen molar-refractivity contribution < 1.29 is 0 Å². The Kier molecular flexibility index (Phi) is 5.11. The van der Waals surface area contributed by atoms with Gasteiger partial charge in [0.05, 0.1) is 5.69 Å². The molecule has 0 aromatic heterocycles. The van der Waals surface area contributed by atoms with Gasteiger partial charge in [-0.2, -0.15) is 0 Å². The van der Waals surface area contributed by atoms with Crippen LogP contribution in [-0.4, -0.2) is 31.6 Å². The van der Waals surface area contributed by atoms with Gasteiger partial charge >= 0.3 is 0 Å². The fourth-order valence-corrected chi connectivity index (χ4v) is 4.53. The molecule has 0 radical (unpaired) electrons. The van der Waals surface area contributed by atoms with Gasteiger partial charge < -0.3 is 16.0 Å². The number of benzene rings is 2. The molecule has 0 saturated carbocycles. The van der Waals surface area contributed by atoms with Gasteiger partial charge in [0.25, 0.3) is 0 Å². The summed E-state index contributed by atoms with van der Waals surface area (Å²) in [7, 11) is 0. The molecule has 1 atom stereocenters. The van der Waals surface area contributed by atoms with E-state index in [0.29, 0.717) is 0 Å². The van der Waals surface area contributed by atoms with Gasteiger partial charge in [-0.1, -0.05) is 48.5 Å². The first-order valence-electron chi connectivity index (χ1n) is 9.04. The summed E-state index contributed by atoms with van der Waals surface area (Å²) in [5.41, 5.74) is 11.5. The van der Waals surface area contributed by atoms with Crippen LogP contribution >= 0.6 is 11.8 Å². The molecule has 0 bridgehead atoms. The van der Waals surface area contributed by atoms with Crippen molar-refractivity contribution in [2.24, 2.45) is 5.73 Å². The molecule has 4 rings (SSSR count). The Morgan fingerprint density at radius 3 is 2.76 bits per heavy atom. The Morgan fingerprint density at radius 2 is 2.00 bits per heavy atom. The highest BCUT2D eigenvalue weighted by atomic mass is 32.2. The Morgan fingerprint density at radius 1 is 1.12 bits per heavy atom. The predicted octanol–water partition coefficient (Wildman–Crippen LogP) is 3.92. The molecule has 25 heavy (non-hydrogen) atoms. The maximum atomic E-state index is 6.29. The van der Waals surface area contributed by atoms with Crippen molar-refractivity contribution in [2.75, 3.05) is 30.4 Å². The minimum Gasteiger partial charge on any atom is -0.369 e. The molecular weight excluding hydrogens is 326 g/mol. The van der Waals surface area contributed by atoms with E-state index in [4.69, 9.17) is 5.73 Å². The monoisotopic (exact) mass is 351 g/mol. The van der Waals surface area contributed by atoms with Crippen LogP contribution in [0.5, 0.6) is 0 Å². The zero-order chi connectivity index (χ0) is 17.1. The van der Waals surface area contributed by atoms with Gasteiger partial charge in [-0.05, 0) is 30.0 Å². The van der Waals surface area contributed by atoms with Crippen LogP contribution in [0.25, 0.3) is 17.2 Å². The molecule has 4 heteroatoms. The molecule has 2 heterocycles. The van der Waals surface area contributed by atoms with E-state index in [1.54, 1.807) is 0 Å². The number of anilines is 1. The van der Waals surface area contributed by atoms with Crippen LogP contribution in [0, 0.1) is 0 Å². The van der Waals surface area contributed by atoms with Crippen molar-refractivity contribution in [3.63, 3.8) is 0 Å². The number of hydrogen-bond acceptors (Lipinski definition) is 4. The van der Waals surface area contributed by atoms with E-state index in [2.05, 4.69) is 64.8 Å². The molecule has 3 nitrogen and oxygen atoms in total. The second-order valence-electron chi connectivity index (χ2n) is 6.78. The van der Waals surface area contributed by atoms with Crippen molar-refractivity contribution in [1.29, 1.82) is 0 Å². The van der Waals surface area contributed by atoms with E-state index in [1.165, 1.54) is 27.3 Å². The summed E-state index contributed by atoms with van der Waals surface area (Å²) in [5.74, 6) is 1.01. The minimum absolute atomic E-state index is 0.264. The maximum Gasteiger partial charge on any atom is 0.0520 e. The predicted molar refractivity (Wildman–Crippen MR) is 110 cm³/mol. The molecule has 2 saturated heterocycles. The fraction of sp³-hybridized carbons (Fsp3) is 0.333. The summed E-state index contributed by atoms with van der Waals surface area (Å²) in [6, 6.07) is 17.6. The SMILES string of the molecule is N[C@@H]1CCCN(c2c(/C=C3\CNCS3)cccc2-c2ccccc2)C1. The van der Waals surface area contributed by atoms with Gasteiger partial charge in [0.1, 0.15) is 0 Å². The maximum absolute atomic E-state index is 6.29. The minimum atomic E-state index is 0.264. The molecule has 130 valence electrons. The van der Waals surface area contributed by atoms with Crippen LogP contribution in [0.15, 0.2) is 53.4 Å². The van der Waals surface area contributed by atoms with Crippen molar-refractivity contribution in [3.05, 3.63) is 59.0 Å². The topological polar surface area (TPSA) is 41.3 Å². The molecule has 0 spiro atoms.